The van der Waals surface area contributed by atoms with E-state index in [4.69, 9.17) is 12.2 Å². The lowest BCUT2D eigenvalue weighted by Crippen LogP contribution is -2.20. The van der Waals surface area contributed by atoms with Crippen LogP contribution in [0.25, 0.3) is 0 Å². The molecule has 3 nitrogen and oxygen atoms in total. The zero-order valence-corrected chi connectivity index (χ0v) is 8.56. The van der Waals surface area contributed by atoms with Gasteiger partial charge in [-0.1, -0.05) is 19.8 Å². The molecule has 0 spiro atoms. The molecule has 0 unspecified atom stereocenters. The van der Waals surface area contributed by atoms with Crippen molar-refractivity contribution in [3.8, 4) is 0 Å². The Morgan fingerprint density at radius 1 is 1.54 bits per heavy atom. The molecule has 13 heavy (non-hydrogen) atoms. The fourth-order valence-corrected chi connectivity index (χ4v) is 1.43. The highest BCUT2D eigenvalue weighted by Gasteiger charge is 1.95. The van der Waals surface area contributed by atoms with Crippen LogP contribution in [-0.4, -0.2) is 9.55 Å². The first kappa shape index (κ1) is 10.2. The highest BCUT2D eigenvalue weighted by Crippen LogP contribution is 1.96. The molecule has 72 valence electrons. The number of H-pyrrole nitrogens is 1. The van der Waals surface area contributed by atoms with Crippen molar-refractivity contribution in [1.29, 1.82) is 0 Å². The van der Waals surface area contributed by atoms with Crippen molar-refractivity contribution in [3.63, 3.8) is 0 Å². The monoisotopic (exact) mass is 198 g/mol. The first-order valence-corrected chi connectivity index (χ1v) is 4.95. The van der Waals surface area contributed by atoms with E-state index in [0.29, 0.717) is 4.77 Å². The molecule has 1 aromatic heterocycles. The molecular weight excluding hydrogens is 184 g/mol. The van der Waals surface area contributed by atoms with Crippen molar-refractivity contribution in [2.75, 3.05) is 0 Å². The lowest BCUT2D eigenvalue weighted by Gasteiger charge is -2.03. The maximum Gasteiger partial charge on any atom is 0.254 e. The SMILES string of the molecule is CCCCCn1c(=O)cc[nH]c1=S. The predicted molar refractivity (Wildman–Crippen MR) is 55.4 cm³/mol. The van der Waals surface area contributed by atoms with Crippen LogP contribution >= 0.6 is 12.2 Å². The maximum atomic E-state index is 11.3. The zero-order chi connectivity index (χ0) is 9.68. The highest BCUT2D eigenvalue weighted by molar-refractivity contribution is 7.71. The molecule has 0 atom stereocenters. The lowest BCUT2D eigenvalue weighted by molar-refractivity contribution is 0.573. The molecule has 0 aliphatic heterocycles. The molecule has 0 aliphatic carbocycles. The standard InChI is InChI=1S/C9H14N2OS/c1-2-3-4-7-11-8(12)5-6-10-9(11)13/h5-6H,2-4,7H2,1H3,(H,10,13). The van der Waals surface area contributed by atoms with Gasteiger partial charge < -0.3 is 4.98 Å². The molecule has 0 radical (unpaired) electrons. The molecule has 0 bridgehead atoms. The average Bonchev–Trinajstić information content (AvgIpc) is 2.10. The minimum atomic E-state index is -0.0140. The third kappa shape index (κ3) is 2.81. The van der Waals surface area contributed by atoms with Crippen LogP contribution in [0.4, 0.5) is 0 Å². The fraction of sp³-hybridized carbons (Fsp3) is 0.556. The van der Waals surface area contributed by atoms with Crippen LogP contribution < -0.4 is 5.56 Å². The predicted octanol–water partition coefficient (Wildman–Crippen LogP) is 2.10. The molecule has 1 rings (SSSR count). The summed E-state index contributed by atoms with van der Waals surface area (Å²) < 4.78 is 2.12. The highest BCUT2D eigenvalue weighted by atomic mass is 32.1. The smallest absolute Gasteiger partial charge is 0.254 e. The number of hydrogen-bond acceptors (Lipinski definition) is 2. The van der Waals surface area contributed by atoms with Crippen LogP contribution in [0, 0.1) is 4.77 Å². The van der Waals surface area contributed by atoms with Crippen LogP contribution in [0.5, 0.6) is 0 Å². The van der Waals surface area contributed by atoms with Gasteiger partial charge in [-0.25, -0.2) is 0 Å². The summed E-state index contributed by atoms with van der Waals surface area (Å²) in [6, 6.07) is 1.50. The average molecular weight is 198 g/mol. The molecule has 0 fully saturated rings. The Balaban J connectivity index is 2.76. The van der Waals surface area contributed by atoms with E-state index in [0.717, 1.165) is 25.8 Å². The van der Waals surface area contributed by atoms with Gasteiger partial charge in [0, 0.05) is 18.8 Å². The summed E-state index contributed by atoms with van der Waals surface area (Å²) in [6.45, 7) is 2.86. The number of aromatic amines is 1. The Morgan fingerprint density at radius 2 is 2.31 bits per heavy atom. The molecule has 4 heteroatoms. The van der Waals surface area contributed by atoms with Gasteiger partial charge >= 0.3 is 0 Å². The summed E-state index contributed by atoms with van der Waals surface area (Å²) in [7, 11) is 0. The van der Waals surface area contributed by atoms with E-state index in [1.54, 1.807) is 10.8 Å². The van der Waals surface area contributed by atoms with E-state index >= 15 is 0 Å². The Labute approximate surface area is 82.4 Å². The van der Waals surface area contributed by atoms with Crippen LogP contribution in [0.15, 0.2) is 17.1 Å². The molecule has 1 heterocycles. The number of aromatic nitrogens is 2. The van der Waals surface area contributed by atoms with E-state index in [1.165, 1.54) is 6.07 Å². The maximum absolute atomic E-state index is 11.3. The van der Waals surface area contributed by atoms with Crippen LogP contribution in [-0.2, 0) is 6.54 Å². The van der Waals surface area contributed by atoms with E-state index in [-0.39, 0.29) is 5.56 Å². The topological polar surface area (TPSA) is 37.8 Å². The summed E-state index contributed by atoms with van der Waals surface area (Å²) >= 11 is 5.00. The van der Waals surface area contributed by atoms with Crippen LogP contribution in [0.3, 0.4) is 0 Å². The Bertz CT molecular complexity index is 338. The van der Waals surface area contributed by atoms with Gasteiger partial charge in [0.25, 0.3) is 5.56 Å². The second-order valence-corrected chi connectivity index (χ2v) is 3.37. The van der Waals surface area contributed by atoms with Gasteiger partial charge in [0.2, 0.25) is 0 Å². The number of nitrogens with zero attached hydrogens (tertiary/aromatic N) is 1. The minimum Gasteiger partial charge on any atom is -0.339 e. The summed E-state index contributed by atoms with van der Waals surface area (Å²) in [5, 5.41) is 0. The molecular formula is C9H14N2OS. The molecule has 0 aromatic carbocycles. The van der Waals surface area contributed by atoms with Gasteiger partial charge in [-0.3, -0.25) is 9.36 Å². The molecule has 1 N–H and O–H groups in total. The quantitative estimate of drug-likeness (QED) is 0.594. The molecule has 0 saturated carbocycles. The molecule has 0 saturated heterocycles. The summed E-state index contributed by atoms with van der Waals surface area (Å²) in [4.78, 5) is 14.2. The fourth-order valence-electron chi connectivity index (χ4n) is 1.18. The van der Waals surface area contributed by atoms with Crippen molar-refractivity contribution in [3.05, 3.63) is 27.4 Å². The van der Waals surface area contributed by atoms with E-state index in [9.17, 15) is 4.79 Å². The van der Waals surface area contributed by atoms with Gasteiger partial charge in [-0.2, -0.15) is 0 Å². The van der Waals surface area contributed by atoms with Crippen molar-refractivity contribution >= 4 is 12.2 Å². The second-order valence-electron chi connectivity index (χ2n) is 2.98. The summed E-state index contributed by atoms with van der Waals surface area (Å²) in [6.07, 6.45) is 4.88. The largest absolute Gasteiger partial charge is 0.339 e. The first-order chi connectivity index (χ1) is 6.25. The van der Waals surface area contributed by atoms with Gasteiger partial charge in [-0.15, -0.1) is 0 Å². The van der Waals surface area contributed by atoms with Gasteiger partial charge in [0.1, 0.15) is 0 Å². The number of hydrogen-bond donors (Lipinski definition) is 1. The lowest BCUT2D eigenvalue weighted by atomic mass is 10.2. The molecule has 0 aliphatic rings. The Morgan fingerprint density at radius 3 is 2.92 bits per heavy atom. The van der Waals surface area contributed by atoms with Gasteiger partial charge in [-0.05, 0) is 18.6 Å². The van der Waals surface area contributed by atoms with Crippen molar-refractivity contribution in [2.45, 2.75) is 32.7 Å². The van der Waals surface area contributed by atoms with Crippen LogP contribution in [0.1, 0.15) is 26.2 Å². The summed E-state index contributed by atoms with van der Waals surface area (Å²) in [5.41, 5.74) is -0.0140. The van der Waals surface area contributed by atoms with E-state index in [1.807, 2.05) is 0 Å². The second kappa shape index (κ2) is 4.97. The van der Waals surface area contributed by atoms with Crippen molar-refractivity contribution in [2.24, 2.45) is 0 Å². The number of nitrogens with one attached hydrogen (secondary N) is 1. The van der Waals surface area contributed by atoms with E-state index < -0.39 is 0 Å². The van der Waals surface area contributed by atoms with Crippen molar-refractivity contribution < 1.29 is 0 Å². The molecule has 0 amide bonds. The number of unbranched alkanes of at least 4 members (excludes halogenated alkanes) is 2. The van der Waals surface area contributed by atoms with E-state index in [2.05, 4.69) is 11.9 Å². The minimum absolute atomic E-state index is 0.0140. The van der Waals surface area contributed by atoms with Gasteiger partial charge in [0.05, 0.1) is 0 Å². The zero-order valence-electron chi connectivity index (χ0n) is 7.75. The molecule has 1 aromatic rings. The summed E-state index contributed by atoms with van der Waals surface area (Å²) in [5.74, 6) is 0. The Kier molecular flexibility index (Phi) is 3.89. The number of rotatable bonds is 4. The third-order valence-corrected chi connectivity index (χ3v) is 2.27. The van der Waals surface area contributed by atoms with Gasteiger partial charge in [0.15, 0.2) is 4.77 Å². The van der Waals surface area contributed by atoms with Crippen molar-refractivity contribution in [1.82, 2.24) is 9.55 Å². The third-order valence-electron chi connectivity index (χ3n) is 1.93. The Hall–Kier alpha value is -0.900. The van der Waals surface area contributed by atoms with Crippen LogP contribution in [0.2, 0.25) is 0 Å². The first-order valence-electron chi connectivity index (χ1n) is 4.54. The normalized spacial score (nSPS) is 10.2.